The Bertz CT molecular complexity index is 875. The van der Waals surface area contributed by atoms with Crippen LogP contribution in [0.1, 0.15) is 45.3 Å². The van der Waals surface area contributed by atoms with E-state index >= 15 is 0 Å². The lowest BCUT2D eigenvalue weighted by Gasteiger charge is -2.30. The minimum Gasteiger partial charge on any atom is -0.383 e. The van der Waals surface area contributed by atoms with Gasteiger partial charge in [-0.1, -0.05) is 13.0 Å². The van der Waals surface area contributed by atoms with E-state index in [9.17, 15) is 10.1 Å². The molecule has 3 rings (SSSR count). The molecule has 2 heterocycles. The van der Waals surface area contributed by atoms with Crippen molar-refractivity contribution in [2.75, 3.05) is 25.7 Å². The number of aliphatic imine (C=N–C) groups is 1. The van der Waals surface area contributed by atoms with E-state index in [2.05, 4.69) is 29.0 Å². The summed E-state index contributed by atoms with van der Waals surface area (Å²) in [6.07, 6.45) is 5.82. The number of hydrogen-bond acceptors (Lipinski definition) is 6. The van der Waals surface area contributed by atoms with Gasteiger partial charge in [-0.05, 0) is 32.6 Å². The summed E-state index contributed by atoms with van der Waals surface area (Å²) >= 11 is 0. The Hall–Kier alpha value is -2.46. The zero-order chi connectivity index (χ0) is 19.7. The molecule has 1 aliphatic heterocycles. The number of hydrogen-bond donors (Lipinski definition) is 0. The molecule has 1 fully saturated rings. The number of rotatable bonds is 6. The van der Waals surface area contributed by atoms with E-state index in [-0.39, 0.29) is 35.1 Å². The van der Waals surface area contributed by atoms with Crippen molar-refractivity contribution in [3.05, 3.63) is 34.0 Å². The van der Waals surface area contributed by atoms with Crippen molar-refractivity contribution in [1.29, 1.82) is 5.26 Å². The van der Waals surface area contributed by atoms with E-state index in [1.807, 2.05) is 20.9 Å². The molecule has 0 bridgehead atoms. The Morgan fingerprint density at radius 1 is 1.44 bits per heavy atom. The number of dihydropyridines is 1. The normalized spacial score (nSPS) is 23.3. The molecule has 0 saturated heterocycles. The van der Waals surface area contributed by atoms with Crippen LogP contribution in [0.25, 0.3) is 0 Å². The second-order valence-electron chi connectivity index (χ2n) is 7.52. The lowest BCUT2D eigenvalue weighted by molar-refractivity contribution is 0.143. The van der Waals surface area contributed by atoms with Gasteiger partial charge in [-0.2, -0.15) is 5.26 Å². The van der Waals surface area contributed by atoms with E-state index in [0.29, 0.717) is 12.5 Å². The summed E-state index contributed by atoms with van der Waals surface area (Å²) in [5, 5.41) is 9.45. The van der Waals surface area contributed by atoms with Gasteiger partial charge in [0.1, 0.15) is 6.07 Å². The molecule has 7 nitrogen and oxygen atoms in total. The lowest BCUT2D eigenvalue weighted by atomic mass is 9.99. The van der Waals surface area contributed by atoms with Crippen LogP contribution < -0.4 is 10.5 Å². The van der Waals surface area contributed by atoms with Crippen molar-refractivity contribution in [2.45, 2.75) is 45.7 Å². The van der Waals surface area contributed by atoms with Gasteiger partial charge in [0.25, 0.3) is 5.56 Å². The zero-order valence-corrected chi connectivity index (χ0v) is 16.6. The highest BCUT2D eigenvalue weighted by molar-refractivity contribution is 5.87. The van der Waals surface area contributed by atoms with Gasteiger partial charge < -0.3 is 14.2 Å². The Kier molecular flexibility index (Phi) is 5.47. The largest absolute Gasteiger partial charge is 0.383 e. The van der Waals surface area contributed by atoms with Crippen LogP contribution in [-0.2, 0) is 4.74 Å². The fourth-order valence-corrected chi connectivity index (χ4v) is 3.63. The summed E-state index contributed by atoms with van der Waals surface area (Å²) in [4.78, 5) is 24.0. The first-order valence-electron chi connectivity index (χ1n) is 9.39. The van der Waals surface area contributed by atoms with Crippen LogP contribution in [0.2, 0.25) is 0 Å². The van der Waals surface area contributed by atoms with Crippen molar-refractivity contribution in [1.82, 2.24) is 9.55 Å². The van der Waals surface area contributed by atoms with Crippen molar-refractivity contribution in [2.24, 2.45) is 16.8 Å². The number of methoxy groups -OCH3 is 1. The van der Waals surface area contributed by atoms with Crippen LogP contribution in [0.5, 0.6) is 0 Å². The average molecular weight is 369 g/mol. The second-order valence-corrected chi connectivity index (χ2v) is 7.52. The lowest BCUT2D eigenvalue weighted by Crippen LogP contribution is -2.37. The van der Waals surface area contributed by atoms with Crippen LogP contribution in [0.4, 0.5) is 5.82 Å². The first kappa shape index (κ1) is 19.3. The maximum atomic E-state index is 13.3. The molecule has 0 radical (unpaired) electrons. The molecule has 1 aromatic heterocycles. The average Bonchev–Trinajstić information content (AvgIpc) is 3.48. The predicted octanol–water partition coefficient (Wildman–Crippen LogP) is 2.53. The first-order valence-corrected chi connectivity index (χ1v) is 9.39. The molecule has 0 aromatic carbocycles. The third kappa shape index (κ3) is 3.81. The summed E-state index contributed by atoms with van der Waals surface area (Å²) in [6, 6.07) is 1.96. The molecular formula is C20H27N5O2. The van der Waals surface area contributed by atoms with E-state index in [1.54, 1.807) is 22.8 Å². The van der Waals surface area contributed by atoms with Crippen molar-refractivity contribution >= 4 is 11.5 Å². The molecular weight excluding hydrogens is 342 g/mol. The topological polar surface area (TPSA) is 83.5 Å². The molecule has 1 aliphatic carbocycles. The van der Waals surface area contributed by atoms with Crippen LogP contribution in [0.15, 0.2) is 27.8 Å². The summed E-state index contributed by atoms with van der Waals surface area (Å²) in [5.41, 5.74) is 2.03. The van der Waals surface area contributed by atoms with E-state index in [1.165, 1.54) is 0 Å². The van der Waals surface area contributed by atoms with Gasteiger partial charge in [-0.25, -0.2) is 4.98 Å². The van der Waals surface area contributed by atoms with Crippen LogP contribution in [-0.4, -0.2) is 42.1 Å². The Labute approximate surface area is 160 Å². The standard InChI is InChI=1S/C20H27N5O2/c1-12-8-17(14(3)22-13(12)2)24(4)19-20(26)25(10-16(9-21)23-19)18(11-27-5)15-6-7-15/h8,10,12,14-15,18H,6-7,11H2,1-5H3. The van der Waals surface area contributed by atoms with E-state index in [0.717, 1.165) is 24.3 Å². The summed E-state index contributed by atoms with van der Waals surface area (Å²) in [5.74, 6) is 0.874. The van der Waals surface area contributed by atoms with Gasteiger partial charge in [0, 0.05) is 37.7 Å². The number of nitriles is 1. The second kappa shape index (κ2) is 7.65. The summed E-state index contributed by atoms with van der Waals surface area (Å²) in [7, 11) is 3.46. The monoisotopic (exact) mass is 369 g/mol. The highest BCUT2D eigenvalue weighted by atomic mass is 16.5. The Morgan fingerprint density at radius 3 is 2.74 bits per heavy atom. The molecule has 144 valence electrons. The molecule has 3 unspecified atom stereocenters. The number of aromatic nitrogens is 2. The van der Waals surface area contributed by atoms with Crippen LogP contribution in [0, 0.1) is 23.2 Å². The van der Waals surface area contributed by atoms with Crippen molar-refractivity contribution < 1.29 is 4.74 Å². The van der Waals surface area contributed by atoms with Gasteiger partial charge in [0.15, 0.2) is 5.69 Å². The van der Waals surface area contributed by atoms with Gasteiger partial charge in [-0.15, -0.1) is 0 Å². The van der Waals surface area contributed by atoms with Gasteiger partial charge in [0.2, 0.25) is 5.82 Å². The minimum absolute atomic E-state index is 0.0650. The predicted molar refractivity (Wildman–Crippen MR) is 105 cm³/mol. The van der Waals surface area contributed by atoms with E-state index < -0.39 is 0 Å². The smallest absolute Gasteiger partial charge is 0.294 e. The van der Waals surface area contributed by atoms with Gasteiger partial charge >= 0.3 is 0 Å². The molecule has 7 heteroatoms. The molecule has 0 spiro atoms. The quantitative estimate of drug-likeness (QED) is 0.769. The number of ether oxygens (including phenoxy) is 1. The number of allylic oxidation sites excluding steroid dienone is 1. The van der Waals surface area contributed by atoms with Crippen LogP contribution in [0.3, 0.4) is 0 Å². The number of anilines is 1. The fourth-order valence-electron chi connectivity index (χ4n) is 3.63. The summed E-state index contributed by atoms with van der Waals surface area (Å²) in [6.45, 7) is 6.54. The molecule has 2 aliphatic rings. The van der Waals surface area contributed by atoms with Crippen molar-refractivity contribution in [3.8, 4) is 6.07 Å². The minimum atomic E-state index is -0.197. The SMILES string of the molecule is COCC(C1CC1)n1cc(C#N)nc(N(C)C2=CC(C)C(C)=NC2C)c1=O. The highest BCUT2D eigenvalue weighted by Gasteiger charge is 2.34. The molecule has 3 atom stereocenters. The Morgan fingerprint density at radius 2 is 2.15 bits per heavy atom. The fraction of sp³-hybridized carbons (Fsp3) is 0.600. The van der Waals surface area contributed by atoms with E-state index in [4.69, 9.17) is 4.74 Å². The zero-order valence-electron chi connectivity index (χ0n) is 16.6. The maximum Gasteiger partial charge on any atom is 0.294 e. The molecule has 0 amide bonds. The van der Waals surface area contributed by atoms with Crippen molar-refractivity contribution in [3.63, 3.8) is 0 Å². The third-order valence-corrected chi connectivity index (χ3v) is 5.50. The summed E-state index contributed by atoms with van der Waals surface area (Å²) < 4.78 is 6.99. The Balaban J connectivity index is 2.05. The first-order chi connectivity index (χ1) is 12.9. The van der Waals surface area contributed by atoms with Gasteiger partial charge in [0.05, 0.1) is 18.7 Å². The maximum absolute atomic E-state index is 13.3. The highest BCUT2D eigenvalue weighted by Crippen LogP contribution is 2.39. The van der Waals surface area contributed by atoms with Gasteiger partial charge in [-0.3, -0.25) is 9.79 Å². The number of nitrogens with zero attached hydrogens (tertiary/aromatic N) is 5. The molecule has 0 N–H and O–H groups in total. The van der Waals surface area contributed by atoms with Crippen LogP contribution >= 0.6 is 0 Å². The number of likely N-dealkylation sites (N-methyl/N-ethyl adjacent to an activating group) is 1. The molecule has 1 aromatic rings. The third-order valence-electron chi connectivity index (χ3n) is 5.50. The molecule has 27 heavy (non-hydrogen) atoms. The molecule has 1 saturated carbocycles.